The molecule has 0 saturated heterocycles. The van der Waals surface area contributed by atoms with Gasteiger partial charge in [0.1, 0.15) is 23.5 Å². The highest BCUT2D eigenvalue weighted by Gasteiger charge is 2.19. The van der Waals surface area contributed by atoms with Crippen molar-refractivity contribution >= 4 is 22.6 Å². The van der Waals surface area contributed by atoms with E-state index in [2.05, 4.69) is 10.3 Å². The zero-order valence-electron chi connectivity index (χ0n) is 14.9. The Hall–Kier alpha value is -3.49. The van der Waals surface area contributed by atoms with Crippen LogP contribution < -0.4 is 21.3 Å². The monoisotopic (exact) mass is 372 g/mol. The molecule has 3 aromatic rings. The van der Waals surface area contributed by atoms with Crippen LogP contribution in [0.2, 0.25) is 0 Å². The van der Waals surface area contributed by atoms with Gasteiger partial charge in [-0.1, -0.05) is 0 Å². The molecule has 0 aliphatic heterocycles. The van der Waals surface area contributed by atoms with E-state index in [1.54, 1.807) is 6.92 Å². The van der Waals surface area contributed by atoms with Crippen LogP contribution in [0.3, 0.4) is 0 Å². The lowest BCUT2D eigenvalue weighted by molar-refractivity contribution is -0.116. The number of carbonyl (C=O) groups is 1. The predicted molar refractivity (Wildman–Crippen MR) is 97.6 cm³/mol. The van der Waals surface area contributed by atoms with Crippen LogP contribution in [0.25, 0.3) is 11.0 Å². The van der Waals surface area contributed by atoms with Crippen molar-refractivity contribution in [3.8, 4) is 5.75 Å². The number of ether oxygens (including phenoxy) is 1. The number of hydrogen-bond donors (Lipinski definition) is 1. The summed E-state index contributed by atoms with van der Waals surface area (Å²) < 4.78 is 20.2. The highest BCUT2D eigenvalue weighted by molar-refractivity contribution is 5.91. The number of nitrogens with one attached hydrogen (secondary N) is 1. The number of hydrogen-bond acceptors (Lipinski definition) is 5. The van der Waals surface area contributed by atoms with Gasteiger partial charge in [0.25, 0.3) is 5.56 Å². The number of amides is 1. The molecule has 0 bridgehead atoms. The van der Waals surface area contributed by atoms with E-state index in [-0.39, 0.29) is 11.0 Å². The van der Waals surface area contributed by atoms with Gasteiger partial charge in [-0.05, 0) is 31.2 Å². The first kappa shape index (κ1) is 18.3. The fraction of sp³-hybridized carbons (Fsp3) is 0.222. The summed E-state index contributed by atoms with van der Waals surface area (Å²) in [6.07, 6.45) is 1.51. The predicted octanol–water partition coefficient (Wildman–Crippen LogP) is 1.19. The van der Waals surface area contributed by atoms with Crippen molar-refractivity contribution in [2.75, 3.05) is 12.4 Å². The third kappa shape index (κ3) is 3.31. The molecule has 1 amide bonds. The molecule has 1 aromatic carbocycles. The molecular formula is C18H17FN4O4. The Kier molecular flexibility index (Phi) is 4.76. The standard InChI is InChI=1S/C18H17FN4O4/c1-10-8-20-16-14(15(10)27-3)17(25)23(18(26)22(16)2)9-13(24)21-12-6-4-11(19)5-7-12/h4-8H,9H2,1-3H3,(H,21,24). The van der Waals surface area contributed by atoms with Crippen LogP contribution in [0.15, 0.2) is 40.1 Å². The van der Waals surface area contributed by atoms with Crippen molar-refractivity contribution in [1.82, 2.24) is 14.1 Å². The fourth-order valence-electron chi connectivity index (χ4n) is 2.80. The molecule has 2 heterocycles. The maximum absolute atomic E-state index is 13.0. The van der Waals surface area contributed by atoms with E-state index in [1.165, 1.54) is 49.2 Å². The van der Waals surface area contributed by atoms with Crippen LogP contribution in [-0.4, -0.2) is 27.1 Å². The SMILES string of the molecule is COc1c(C)cnc2c1c(=O)n(CC(=O)Nc1ccc(F)cc1)c(=O)n2C. The number of nitrogens with zero attached hydrogens (tertiary/aromatic N) is 3. The summed E-state index contributed by atoms with van der Waals surface area (Å²) in [4.78, 5) is 41.8. The molecule has 0 saturated carbocycles. The quantitative estimate of drug-likeness (QED) is 0.742. The number of halogens is 1. The average Bonchev–Trinajstić information content (AvgIpc) is 2.65. The first-order valence-electron chi connectivity index (χ1n) is 8.02. The van der Waals surface area contributed by atoms with Crippen LogP contribution in [0.4, 0.5) is 10.1 Å². The molecule has 8 nitrogen and oxygen atoms in total. The van der Waals surface area contributed by atoms with Crippen LogP contribution >= 0.6 is 0 Å². The minimum atomic E-state index is -0.680. The molecule has 0 aliphatic carbocycles. The van der Waals surface area contributed by atoms with Gasteiger partial charge in [0, 0.05) is 24.5 Å². The third-order valence-corrected chi connectivity index (χ3v) is 4.12. The molecule has 2 aromatic heterocycles. The number of aromatic nitrogens is 3. The number of benzene rings is 1. The van der Waals surface area contributed by atoms with Crippen LogP contribution in [0, 0.1) is 12.7 Å². The Morgan fingerprint density at radius 1 is 1.26 bits per heavy atom. The van der Waals surface area contributed by atoms with Crippen molar-refractivity contribution in [3.05, 3.63) is 62.7 Å². The zero-order chi connectivity index (χ0) is 19.7. The van der Waals surface area contributed by atoms with Crippen LogP contribution in [0.1, 0.15) is 5.56 Å². The van der Waals surface area contributed by atoms with E-state index < -0.39 is 29.5 Å². The molecule has 140 valence electrons. The van der Waals surface area contributed by atoms with Crippen molar-refractivity contribution in [3.63, 3.8) is 0 Å². The molecule has 0 spiro atoms. The maximum Gasteiger partial charge on any atom is 0.332 e. The molecule has 0 radical (unpaired) electrons. The Morgan fingerprint density at radius 2 is 1.93 bits per heavy atom. The lowest BCUT2D eigenvalue weighted by atomic mass is 10.2. The Morgan fingerprint density at radius 3 is 2.56 bits per heavy atom. The number of carbonyl (C=O) groups excluding carboxylic acids is 1. The molecule has 0 fully saturated rings. The van der Waals surface area contributed by atoms with E-state index in [1.807, 2.05) is 0 Å². The molecule has 0 aliphatic rings. The zero-order valence-corrected chi connectivity index (χ0v) is 14.9. The van der Waals surface area contributed by atoms with Crippen molar-refractivity contribution < 1.29 is 13.9 Å². The summed E-state index contributed by atoms with van der Waals surface area (Å²) in [5.41, 5.74) is -0.205. The van der Waals surface area contributed by atoms with Gasteiger partial charge in [0.15, 0.2) is 5.65 Å². The van der Waals surface area contributed by atoms with Gasteiger partial charge in [-0.2, -0.15) is 0 Å². The lowest BCUT2D eigenvalue weighted by Crippen LogP contribution is -2.42. The number of pyridine rings is 1. The molecule has 9 heteroatoms. The topological polar surface area (TPSA) is 95.2 Å². The first-order chi connectivity index (χ1) is 12.8. The Bertz CT molecular complexity index is 1150. The van der Waals surface area contributed by atoms with E-state index in [0.717, 1.165) is 4.57 Å². The van der Waals surface area contributed by atoms with Crippen LogP contribution in [-0.2, 0) is 18.4 Å². The molecular weight excluding hydrogens is 355 g/mol. The van der Waals surface area contributed by atoms with Gasteiger partial charge >= 0.3 is 5.69 Å². The number of anilines is 1. The average molecular weight is 372 g/mol. The molecule has 27 heavy (non-hydrogen) atoms. The van der Waals surface area contributed by atoms with Crippen molar-refractivity contribution in [2.45, 2.75) is 13.5 Å². The van der Waals surface area contributed by atoms with Gasteiger partial charge in [-0.25, -0.2) is 18.7 Å². The second kappa shape index (κ2) is 7.02. The number of methoxy groups -OCH3 is 1. The second-order valence-electron chi connectivity index (χ2n) is 5.96. The minimum absolute atomic E-state index is 0.120. The summed E-state index contributed by atoms with van der Waals surface area (Å²) in [6.45, 7) is 1.22. The molecule has 0 unspecified atom stereocenters. The highest BCUT2D eigenvalue weighted by atomic mass is 19.1. The minimum Gasteiger partial charge on any atom is -0.495 e. The molecule has 1 N–H and O–H groups in total. The van der Waals surface area contributed by atoms with E-state index >= 15 is 0 Å². The van der Waals surface area contributed by atoms with E-state index in [0.29, 0.717) is 17.0 Å². The Labute approximate surface area is 152 Å². The highest BCUT2D eigenvalue weighted by Crippen LogP contribution is 2.23. The van der Waals surface area contributed by atoms with Crippen molar-refractivity contribution in [1.29, 1.82) is 0 Å². The fourth-order valence-corrected chi connectivity index (χ4v) is 2.80. The Balaban J connectivity index is 2.06. The first-order valence-corrected chi connectivity index (χ1v) is 8.02. The van der Waals surface area contributed by atoms with Crippen molar-refractivity contribution in [2.24, 2.45) is 7.05 Å². The van der Waals surface area contributed by atoms with Gasteiger partial charge in [0.05, 0.1) is 7.11 Å². The normalized spacial score (nSPS) is 10.8. The molecule has 3 rings (SSSR count). The largest absolute Gasteiger partial charge is 0.495 e. The van der Waals surface area contributed by atoms with E-state index in [9.17, 15) is 18.8 Å². The number of fused-ring (bicyclic) bond motifs is 1. The van der Waals surface area contributed by atoms with Crippen LogP contribution in [0.5, 0.6) is 5.75 Å². The third-order valence-electron chi connectivity index (χ3n) is 4.12. The maximum atomic E-state index is 13.0. The van der Waals surface area contributed by atoms with Gasteiger partial charge in [-0.15, -0.1) is 0 Å². The molecule has 0 atom stereocenters. The smallest absolute Gasteiger partial charge is 0.332 e. The van der Waals surface area contributed by atoms with Gasteiger partial charge in [0.2, 0.25) is 5.91 Å². The summed E-state index contributed by atoms with van der Waals surface area (Å²) in [6, 6.07) is 5.14. The number of aryl methyl sites for hydroxylation is 2. The summed E-state index contributed by atoms with van der Waals surface area (Å²) in [7, 11) is 2.87. The number of rotatable bonds is 4. The summed E-state index contributed by atoms with van der Waals surface area (Å²) in [5.74, 6) is -0.740. The lowest BCUT2D eigenvalue weighted by Gasteiger charge is -2.13. The van der Waals surface area contributed by atoms with Gasteiger partial charge < -0.3 is 10.1 Å². The summed E-state index contributed by atoms with van der Waals surface area (Å²) >= 11 is 0. The summed E-state index contributed by atoms with van der Waals surface area (Å²) in [5, 5.41) is 2.64. The second-order valence-corrected chi connectivity index (χ2v) is 5.96. The van der Waals surface area contributed by atoms with E-state index in [4.69, 9.17) is 4.74 Å². The van der Waals surface area contributed by atoms with Gasteiger partial charge in [-0.3, -0.25) is 14.2 Å².